The van der Waals surface area contributed by atoms with Crippen LogP contribution in [0.15, 0.2) is 12.1 Å². The number of methoxy groups -OCH3 is 1. The van der Waals surface area contributed by atoms with Crippen molar-refractivity contribution in [3.05, 3.63) is 34.6 Å². The number of rotatable bonds is 6. The number of nitrogens with one attached hydrogen (secondary N) is 1. The van der Waals surface area contributed by atoms with Gasteiger partial charge < -0.3 is 10.1 Å². The topological polar surface area (TPSA) is 21.3 Å². The van der Waals surface area contributed by atoms with Gasteiger partial charge in [-0.1, -0.05) is 19.1 Å². The smallest absolute Gasteiger partial charge is 0.129 e. The van der Waals surface area contributed by atoms with Gasteiger partial charge in [0.1, 0.15) is 5.82 Å². The Bertz CT molecular complexity index is 342. The number of hydrogen-bond donors (Lipinski definition) is 1. The Morgan fingerprint density at radius 2 is 1.88 bits per heavy atom. The first-order valence-corrected chi connectivity index (χ1v) is 6.00. The Kier molecular flexibility index (Phi) is 5.59. The van der Waals surface area contributed by atoms with Crippen LogP contribution in [0.4, 0.5) is 4.39 Å². The minimum atomic E-state index is -0.0958. The lowest BCUT2D eigenvalue weighted by molar-refractivity contribution is 0.158. The summed E-state index contributed by atoms with van der Waals surface area (Å²) in [5, 5.41) is 3.36. The summed E-state index contributed by atoms with van der Waals surface area (Å²) in [6, 6.07) is 3.80. The zero-order chi connectivity index (χ0) is 12.8. The van der Waals surface area contributed by atoms with Crippen molar-refractivity contribution in [2.75, 3.05) is 20.3 Å². The van der Waals surface area contributed by atoms with Crippen molar-refractivity contribution in [1.29, 1.82) is 0 Å². The molecule has 0 saturated carbocycles. The highest BCUT2D eigenvalue weighted by molar-refractivity contribution is 5.30. The molecule has 1 aromatic rings. The van der Waals surface area contributed by atoms with Crippen molar-refractivity contribution in [2.24, 2.45) is 5.92 Å². The van der Waals surface area contributed by atoms with Crippen LogP contribution in [0.5, 0.6) is 0 Å². The zero-order valence-electron chi connectivity index (χ0n) is 11.1. The second-order valence-corrected chi connectivity index (χ2v) is 4.74. The number of ether oxygens (including phenoxy) is 1. The van der Waals surface area contributed by atoms with E-state index in [1.165, 1.54) is 0 Å². The van der Waals surface area contributed by atoms with E-state index in [9.17, 15) is 4.39 Å². The predicted molar refractivity (Wildman–Crippen MR) is 68.6 cm³/mol. The summed E-state index contributed by atoms with van der Waals surface area (Å²) in [4.78, 5) is 0. The van der Waals surface area contributed by atoms with E-state index in [1.807, 2.05) is 12.1 Å². The van der Waals surface area contributed by atoms with E-state index in [4.69, 9.17) is 4.74 Å². The predicted octanol–water partition coefficient (Wildman–Crippen LogP) is 2.81. The number of hydrogen-bond acceptors (Lipinski definition) is 2. The van der Waals surface area contributed by atoms with Crippen molar-refractivity contribution in [2.45, 2.75) is 27.3 Å². The van der Waals surface area contributed by atoms with Crippen molar-refractivity contribution in [3.8, 4) is 0 Å². The summed E-state index contributed by atoms with van der Waals surface area (Å²) < 4.78 is 18.5. The second kappa shape index (κ2) is 6.72. The summed E-state index contributed by atoms with van der Waals surface area (Å²) in [7, 11) is 1.71. The highest BCUT2D eigenvalue weighted by Crippen LogP contribution is 2.14. The standard InChI is InChI=1S/C14H22FNO/c1-10(9-17-4)7-16-8-13-5-11(2)14(15)12(3)6-13/h5-6,10,16H,7-9H2,1-4H3. The molecule has 0 spiro atoms. The first-order chi connectivity index (χ1) is 8.04. The van der Waals surface area contributed by atoms with Gasteiger partial charge in [0.25, 0.3) is 0 Å². The van der Waals surface area contributed by atoms with Crippen LogP contribution in [0.3, 0.4) is 0 Å². The molecule has 0 heterocycles. The lowest BCUT2D eigenvalue weighted by Gasteiger charge is -2.12. The fraction of sp³-hybridized carbons (Fsp3) is 0.571. The molecule has 0 radical (unpaired) electrons. The SMILES string of the molecule is COCC(C)CNCc1cc(C)c(F)c(C)c1. The van der Waals surface area contributed by atoms with Crippen molar-refractivity contribution in [1.82, 2.24) is 5.32 Å². The maximum atomic E-state index is 13.4. The van der Waals surface area contributed by atoms with Crippen molar-refractivity contribution < 1.29 is 9.13 Å². The molecule has 0 aliphatic carbocycles. The van der Waals surface area contributed by atoms with Gasteiger partial charge in [-0.15, -0.1) is 0 Å². The van der Waals surface area contributed by atoms with Crippen LogP contribution in [0.25, 0.3) is 0 Å². The quantitative estimate of drug-likeness (QED) is 0.824. The molecular weight excluding hydrogens is 217 g/mol. The summed E-state index contributed by atoms with van der Waals surface area (Å²) in [6.45, 7) is 8.18. The molecule has 0 aliphatic heterocycles. The van der Waals surface area contributed by atoms with E-state index >= 15 is 0 Å². The monoisotopic (exact) mass is 239 g/mol. The van der Waals surface area contributed by atoms with Gasteiger partial charge in [-0.3, -0.25) is 0 Å². The Hall–Kier alpha value is -0.930. The van der Waals surface area contributed by atoms with E-state index in [0.717, 1.165) is 25.3 Å². The minimum Gasteiger partial charge on any atom is -0.384 e. The third kappa shape index (κ3) is 4.44. The van der Waals surface area contributed by atoms with E-state index in [2.05, 4.69) is 12.2 Å². The lowest BCUT2D eigenvalue weighted by Crippen LogP contribution is -2.23. The van der Waals surface area contributed by atoms with E-state index in [0.29, 0.717) is 17.0 Å². The molecule has 0 amide bonds. The normalized spacial score (nSPS) is 12.8. The zero-order valence-corrected chi connectivity index (χ0v) is 11.1. The van der Waals surface area contributed by atoms with E-state index in [1.54, 1.807) is 21.0 Å². The Labute approximate surface area is 103 Å². The van der Waals surface area contributed by atoms with Gasteiger partial charge in [0.05, 0.1) is 0 Å². The number of halogens is 1. The fourth-order valence-electron chi connectivity index (χ4n) is 1.94. The lowest BCUT2D eigenvalue weighted by atomic mass is 10.1. The van der Waals surface area contributed by atoms with E-state index in [-0.39, 0.29) is 5.82 Å². The molecule has 1 atom stereocenters. The summed E-state index contributed by atoms with van der Waals surface area (Å²) in [6.07, 6.45) is 0. The maximum absolute atomic E-state index is 13.4. The Morgan fingerprint density at radius 3 is 2.41 bits per heavy atom. The first kappa shape index (κ1) is 14.1. The molecule has 0 bridgehead atoms. The summed E-state index contributed by atoms with van der Waals surface area (Å²) in [5.74, 6) is 0.393. The molecule has 0 aromatic heterocycles. The summed E-state index contributed by atoms with van der Waals surface area (Å²) >= 11 is 0. The Balaban J connectivity index is 2.47. The van der Waals surface area contributed by atoms with Crippen LogP contribution in [0, 0.1) is 25.6 Å². The molecule has 0 fully saturated rings. The molecule has 96 valence electrons. The van der Waals surface area contributed by atoms with Crippen molar-refractivity contribution >= 4 is 0 Å². The van der Waals surface area contributed by atoms with Crippen molar-refractivity contribution in [3.63, 3.8) is 0 Å². The van der Waals surface area contributed by atoms with Crippen LogP contribution in [-0.4, -0.2) is 20.3 Å². The maximum Gasteiger partial charge on any atom is 0.129 e. The minimum absolute atomic E-state index is 0.0958. The molecule has 1 rings (SSSR count). The van der Waals surface area contributed by atoms with Gasteiger partial charge in [0, 0.05) is 26.8 Å². The molecule has 0 saturated heterocycles. The fourth-order valence-corrected chi connectivity index (χ4v) is 1.94. The molecule has 17 heavy (non-hydrogen) atoms. The summed E-state index contributed by atoms with van der Waals surface area (Å²) in [5.41, 5.74) is 2.56. The van der Waals surface area contributed by atoms with E-state index < -0.39 is 0 Å². The second-order valence-electron chi connectivity index (χ2n) is 4.74. The van der Waals surface area contributed by atoms with Crippen LogP contribution < -0.4 is 5.32 Å². The van der Waals surface area contributed by atoms with Gasteiger partial charge in [0.2, 0.25) is 0 Å². The van der Waals surface area contributed by atoms with Crippen LogP contribution in [0.2, 0.25) is 0 Å². The van der Waals surface area contributed by atoms with Crippen LogP contribution in [-0.2, 0) is 11.3 Å². The van der Waals surface area contributed by atoms with Gasteiger partial charge in [-0.2, -0.15) is 0 Å². The molecule has 1 aromatic carbocycles. The molecule has 2 nitrogen and oxygen atoms in total. The number of benzene rings is 1. The molecular formula is C14H22FNO. The van der Waals surface area contributed by atoms with Gasteiger partial charge in [-0.05, 0) is 36.5 Å². The first-order valence-electron chi connectivity index (χ1n) is 6.00. The highest BCUT2D eigenvalue weighted by atomic mass is 19.1. The Morgan fingerprint density at radius 1 is 1.29 bits per heavy atom. The highest BCUT2D eigenvalue weighted by Gasteiger charge is 2.05. The molecule has 1 unspecified atom stereocenters. The molecule has 1 N–H and O–H groups in total. The molecule has 3 heteroatoms. The molecule has 0 aliphatic rings. The third-order valence-electron chi connectivity index (χ3n) is 2.77. The largest absolute Gasteiger partial charge is 0.384 e. The average Bonchev–Trinajstić information content (AvgIpc) is 2.26. The number of aryl methyl sites for hydroxylation is 2. The van der Waals surface area contributed by atoms with Gasteiger partial charge in [-0.25, -0.2) is 4.39 Å². The average molecular weight is 239 g/mol. The van der Waals surface area contributed by atoms with Crippen LogP contribution in [0.1, 0.15) is 23.6 Å². The van der Waals surface area contributed by atoms with Gasteiger partial charge in [0.15, 0.2) is 0 Å². The van der Waals surface area contributed by atoms with Crippen LogP contribution >= 0.6 is 0 Å². The third-order valence-corrected chi connectivity index (χ3v) is 2.77. The van der Waals surface area contributed by atoms with Gasteiger partial charge >= 0.3 is 0 Å².